The van der Waals surface area contributed by atoms with E-state index in [0.717, 1.165) is 15.6 Å². The van der Waals surface area contributed by atoms with Crippen LogP contribution in [0.3, 0.4) is 0 Å². The average Bonchev–Trinajstić information content (AvgIpc) is 2.74. The van der Waals surface area contributed by atoms with Crippen LogP contribution in [0.2, 0.25) is 0 Å². The van der Waals surface area contributed by atoms with Crippen molar-refractivity contribution in [1.29, 1.82) is 0 Å². The number of aliphatic hydroxyl groups excluding tert-OH is 1. The molecule has 30 heavy (non-hydrogen) atoms. The zero-order valence-electron chi connectivity index (χ0n) is 17.3. The molecule has 1 fully saturated rings. The van der Waals surface area contributed by atoms with E-state index in [4.69, 9.17) is 4.74 Å². The molecule has 1 atom stereocenters. The van der Waals surface area contributed by atoms with Crippen molar-refractivity contribution in [2.24, 2.45) is 0 Å². The molecule has 2 aromatic carbocycles. The molecule has 0 aliphatic carbocycles. The number of ketones is 1. The van der Waals surface area contributed by atoms with Gasteiger partial charge >= 0.3 is 0 Å². The standard InChI is InChI=1S/C24H26BrNO4/c1-3-20(27)18-6-4-16(12-15(18)2)23(29)26-10-8-24(9-11-26)14-21(28)19-13-17(25)5-7-22(19)30-24/h4-7,12-13,20,27H,3,8-11,14H2,1-2H3. The molecule has 2 aliphatic heterocycles. The first-order chi connectivity index (χ1) is 14.3. The summed E-state index contributed by atoms with van der Waals surface area (Å²) in [4.78, 5) is 27.6. The van der Waals surface area contributed by atoms with Gasteiger partial charge < -0.3 is 14.7 Å². The lowest BCUT2D eigenvalue weighted by molar-refractivity contribution is -0.00573. The summed E-state index contributed by atoms with van der Waals surface area (Å²) in [5.41, 5.74) is 2.52. The fraction of sp³-hybridized carbons (Fsp3) is 0.417. The SMILES string of the molecule is CCC(O)c1ccc(C(=O)N2CCC3(CC2)CC(=O)c2cc(Br)ccc2O3)cc1C. The maximum absolute atomic E-state index is 13.0. The van der Waals surface area contributed by atoms with Crippen LogP contribution in [0, 0.1) is 6.92 Å². The van der Waals surface area contributed by atoms with Crippen molar-refractivity contribution in [1.82, 2.24) is 4.90 Å². The van der Waals surface area contributed by atoms with Crippen molar-refractivity contribution < 1.29 is 19.4 Å². The molecule has 1 amide bonds. The lowest BCUT2D eigenvalue weighted by atomic mass is 9.82. The molecular formula is C24H26BrNO4. The van der Waals surface area contributed by atoms with Crippen LogP contribution in [0.5, 0.6) is 5.75 Å². The molecule has 0 bridgehead atoms. The summed E-state index contributed by atoms with van der Waals surface area (Å²) < 4.78 is 7.15. The predicted molar refractivity (Wildman–Crippen MR) is 118 cm³/mol. The third kappa shape index (κ3) is 3.91. The number of aliphatic hydroxyl groups is 1. The van der Waals surface area contributed by atoms with Crippen molar-refractivity contribution in [2.45, 2.75) is 51.2 Å². The highest BCUT2D eigenvalue weighted by molar-refractivity contribution is 9.10. The van der Waals surface area contributed by atoms with Gasteiger partial charge in [0.2, 0.25) is 0 Å². The first kappa shape index (κ1) is 21.1. The highest BCUT2D eigenvalue weighted by Crippen LogP contribution is 2.40. The highest BCUT2D eigenvalue weighted by Gasteiger charge is 2.43. The largest absolute Gasteiger partial charge is 0.486 e. The molecule has 6 heteroatoms. The molecule has 0 radical (unpaired) electrons. The van der Waals surface area contributed by atoms with E-state index in [2.05, 4.69) is 15.9 Å². The molecule has 1 N–H and O–H groups in total. The van der Waals surface area contributed by atoms with Gasteiger partial charge in [0, 0.05) is 36.0 Å². The van der Waals surface area contributed by atoms with E-state index in [1.807, 2.05) is 49.1 Å². The number of piperidine rings is 1. The maximum Gasteiger partial charge on any atom is 0.253 e. The number of Topliss-reactive ketones (excluding diaryl/α,β-unsaturated/α-hetero) is 1. The van der Waals surface area contributed by atoms with Gasteiger partial charge in [-0.15, -0.1) is 0 Å². The number of carbonyl (C=O) groups excluding carboxylic acids is 2. The van der Waals surface area contributed by atoms with Crippen molar-refractivity contribution in [3.8, 4) is 5.75 Å². The Kier molecular flexibility index (Phi) is 5.73. The number of likely N-dealkylation sites (tertiary alicyclic amines) is 1. The average molecular weight is 472 g/mol. The fourth-order valence-electron chi connectivity index (χ4n) is 4.45. The normalized spacial score (nSPS) is 18.7. The summed E-state index contributed by atoms with van der Waals surface area (Å²) in [6.45, 7) is 4.96. The molecule has 2 aliphatic rings. The molecular weight excluding hydrogens is 446 g/mol. The third-order valence-electron chi connectivity index (χ3n) is 6.28. The molecule has 1 spiro atoms. The minimum Gasteiger partial charge on any atom is -0.486 e. The number of ether oxygens (including phenoxy) is 1. The molecule has 0 saturated carbocycles. The minimum absolute atomic E-state index is 0.0167. The van der Waals surface area contributed by atoms with E-state index in [9.17, 15) is 14.7 Å². The number of aryl methyl sites for hydroxylation is 1. The Balaban J connectivity index is 1.46. The smallest absolute Gasteiger partial charge is 0.253 e. The zero-order chi connectivity index (χ0) is 21.5. The van der Waals surface area contributed by atoms with Crippen LogP contribution in [-0.4, -0.2) is 40.4 Å². The lowest BCUT2D eigenvalue weighted by Gasteiger charge is -2.44. The van der Waals surface area contributed by atoms with E-state index in [1.165, 1.54) is 0 Å². The topological polar surface area (TPSA) is 66.8 Å². The van der Waals surface area contributed by atoms with E-state index in [0.29, 0.717) is 55.6 Å². The Labute approximate surface area is 185 Å². The van der Waals surface area contributed by atoms with Crippen molar-refractivity contribution >= 4 is 27.6 Å². The minimum atomic E-state index is -0.528. The number of rotatable bonds is 3. The number of hydrogen-bond donors (Lipinski definition) is 1. The Hall–Kier alpha value is -2.18. The van der Waals surface area contributed by atoms with Crippen LogP contribution < -0.4 is 4.74 Å². The summed E-state index contributed by atoms with van der Waals surface area (Å²) in [5.74, 6) is 0.713. The van der Waals surface area contributed by atoms with Crippen molar-refractivity contribution in [2.75, 3.05) is 13.1 Å². The second-order valence-electron chi connectivity index (χ2n) is 8.31. The van der Waals surface area contributed by atoms with Gasteiger partial charge in [0.15, 0.2) is 5.78 Å². The second kappa shape index (κ2) is 8.16. The van der Waals surface area contributed by atoms with Crippen molar-refractivity contribution in [3.05, 3.63) is 63.1 Å². The Morgan fingerprint density at radius 2 is 1.97 bits per heavy atom. The quantitative estimate of drug-likeness (QED) is 0.695. The number of nitrogens with zero attached hydrogens (tertiary/aromatic N) is 1. The maximum atomic E-state index is 13.0. The zero-order valence-corrected chi connectivity index (χ0v) is 18.9. The molecule has 5 nitrogen and oxygen atoms in total. The van der Waals surface area contributed by atoms with E-state index >= 15 is 0 Å². The van der Waals surface area contributed by atoms with Gasteiger partial charge in [-0.2, -0.15) is 0 Å². The van der Waals surface area contributed by atoms with Crippen LogP contribution in [-0.2, 0) is 0 Å². The summed E-state index contributed by atoms with van der Waals surface area (Å²) in [6, 6.07) is 11.0. The van der Waals surface area contributed by atoms with Crippen LogP contribution in [0.25, 0.3) is 0 Å². The Morgan fingerprint density at radius 3 is 2.63 bits per heavy atom. The van der Waals surface area contributed by atoms with Gasteiger partial charge in [0.25, 0.3) is 5.91 Å². The van der Waals surface area contributed by atoms with E-state index < -0.39 is 11.7 Å². The second-order valence-corrected chi connectivity index (χ2v) is 9.23. The van der Waals surface area contributed by atoms with Crippen LogP contribution >= 0.6 is 15.9 Å². The van der Waals surface area contributed by atoms with Gasteiger partial charge in [-0.1, -0.05) is 28.9 Å². The summed E-state index contributed by atoms with van der Waals surface area (Å²) in [5, 5.41) is 10.1. The van der Waals surface area contributed by atoms with E-state index in [-0.39, 0.29) is 11.7 Å². The Morgan fingerprint density at radius 1 is 1.23 bits per heavy atom. The van der Waals surface area contributed by atoms with Crippen LogP contribution in [0.15, 0.2) is 40.9 Å². The molecule has 4 rings (SSSR count). The number of amides is 1. The number of hydrogen-bond acceptors (Lipinski definition) is 4. The first-order valence-electron chi connectivity index (χ1n) is 10.4. The first-order valence-corrected chi connectivity index (χ1v) is 11.2. The van der Waals surface area contributed by atoms with E-state index in [1.54, 1.807) is 6.07 Å². The molecule has 158 valence electrons. The number of halogens is 1. The molecule has 2 heterocycles. The van der Waals surface area contributed by atoms with Gasteiger partial charge in [-0.25, -0.2) is 0 Å². The monoisotopic (exact) mass is 471 g/mol. The highest BCUT2D eigenvalue weighted by atomic mass is 79.9. The molecule has 1 saturated heterocycles. The summed E-state index contributed by atoms with van der Waals surface area (Å²) in [7, 11) is 0. The van der Waals surface area contributed by atoms with Gasteiger partial charge in [-0.05, 0) is 54.8 Å². The number of benzene rings is 2. The van der Waals surface area contributed by atoms with Crippen LogP contribution in [0.4, 0.5) is 0 Å². The summed E-state index contributed by atoms with van der Waals surface area (Å²) in [6.07, 6.45) is 1.74. The lowest BCUT2D eigenvalue weighted by Crippen LogP contribution is -2.52. The number of carbonyl (C=O) groups is 2. The number of fused-ring (bicyclic) bond motifs is 1. The summed E-state index contributed by atoms with van der Waals surface area (Å²) >= 11 is 3.41. The molecule has 2 aromatic rings. The van der Waals surface area contributed by atoms with Gasteiger partial charge in [-0.3, -0.25) is 9.59 Å². The third-order valence-corrected chi connectivity index (χ3v) is 6.77. The molecule has 0 aromatic heterocycles. The van der Waals surface area contributed by atoms with Gasteiger partial charge in [0.1, 0.15) is 11.4 Å². The fourth-order valence-corrected chi connectivity index (χ4v) is 4.81. The molecule has 1 unspecified atom stereocenters. The van der Waals surface area contributed by atoms with Crippen LogP contribution in [0.1, 0.15) is 70.6 Å². The Bertz CT molecular complexity index is 995. The van der Waals surface area contributed by atoms with Gasteiger partial charge in [0.05, 0.1) is 18.1 Å². The predicted octanol–water partition coefficient (Wildman–Crippen LogP) is 4.84. The van der Waals surface area contributed by atoms with Crippen molar-refractivity contribution in [3.63, 3.8) is 0 Å².